The fraction of sp³-hybridized carbons (Fsp3) is 0.419. The lowest BCUT2D eigenvalue weighted by Crippen LogP contribution is -2.34. The van der Waals surface area contributed by atoms with E-state index in [2.05, 4.69) is 0 Å². The Kier molecular flexibility index (Phi) is 41.0. The van der Waals surface area contributed by atoms with Crippen molar-refractivity contribution in [1.29, 1.82) is 0 Å². The summed E-state index contributed by atoms with van der Waals surface area (Å²) in [6, 6.07) is 37.9. The van der Waals surface area contributed by atoms with Gasteiger partial charge in [0.25, 0.3) is 10.1 Å². The molecule has 0 aliphatic carbocycles. The number of carbonyl (C=O) groups is 9. The van der Waals surface area contributed by atoms with Crippen molar-refractivity contribution in [1.82, 2.24) is 0 Å². The summed E-state index contributed by atoms with van der Waals surface area (Å²) in [6.07, 6.45) is 3.24. The van der Waals surface area contributed by atoms with Crippen molar-refractivity contribution in [2.75, 3.05) is 80.3 Å². The summed E-state index contributed by atoms with van der Waals surface area (Å²) in [5.41, 5.74) is -2.29. The predicted molar refractivity (Wildman–Crippen MR) is 466 cm³/mol. The van der Waals surface area contributed by atoms with Crippen LogP contribution in [0.25, 0.3) is 54.8 Å². The van der Waals surface area contributed by atoms with Crippen LogP contribution < -0.4 is 47.1 Å². The topological polar surface area (TPSA) is 468 Å². The van der Waals surface area contributed by atoms with Gasteiger partial charge < -0.3 is 83.7 Å². The molecule has 0 bridgehead atoms. The van der Waals surface area contributed by atoms with Crippen molar-refractivity contribution in [3.05, 3.63) is 204 Å². The third kappa shape index (κ3) is 34.3. The minimum atomic E-state index is -4.01. The van der Waals surface area contributed by atoms with E-state index >= 15 is 0 Å². The molecule has 0 fully saturated rings. The van der Waals surface area contributed by atoms with Gasteiger partial charge in [-0.1, -0.05) is 48.5 Å². The fourth-order valence-corrected chi connectivity index (χ4v) is 12.4. The van der Waals surface area contributed by atoms with Gasteiger partial charge in [0, 0.05) is 57.3 Å². The maximum atomic E-state index is 12.2. The molecule has 10 rings (SSSR count). The van der Waals surface area contributed by atoms with E-state index in [1.54, 1.807) is 146 Å². The standard InChI is InChI=1S/C23H28O9.C20H24O7.C18H20O7.C17H20O7S.C15H16O5/c1-5-23(3,22(27)28-4)13-15(2)21(26)30-11-10-29-20(25)14-31-17-7-8-18-16(12-17)6-9-19(24)32-18;1-5-20(3,19(23)24-4)11-13(2)26-18(22)12-25-15-7-8-16-14(10-15)6-9-17(21)27-16;1-3-12(2)18(21)23-9-8-22-17(20)11-24-14-5-6-15-13(10-14)4-7-16(19)25-15;1-4-17(2,3)16(19)22-9-10-23-25(20,21)13-6-7-14-12(11-13)5-8-15(18)24-14;1-3-10(2)19-15(17)9-18-12-5-6-13-11(8-12)4-7-14(16)20-13/h6-9,12,15H,5,10-11,13-14H2,1-4H3;6-10,13H,5,11-12H2,1-4H3;4-7,10,12H,3,8-9,11H2,1-2H3;5-8,11H,4,9-10H2,1-3H3;4-8,10H,3,9H2,1-2H3. The summed E-state index contributed by atoms with van der Waals surface area (Å²) in [5.74, 6) is -2.89. The van der Waals surface area contributed by atoms with E-state index in [9.17, 15) is 75.5 Å². The normalized spacial score (nSPS) is 12.9. The number of benzene rings is 5. The summed E-state index contributed by atoms with van der Waals surface area (Å²) >= 11 is 0. The first-order valence-electron chi connectivity index (χ1n) is 41.2. The van der Waals surface area contributed by atoms with E-state index < -0.39 is 102 Å². The van der Waals surface area contributed by atoms with Crippen LogP contribution in [0.5, 0.6) is 23.0 Å². The molecule has 0 radical (unpaired) electrons. The highest BCUT2D eigenvalue weighted by molar-refractivity contribution is 7.86. The first-order chi connectivity index (χ1) is 61.2. The molecule has 0 saturated heterocycles. The fourth-order valence-electron chi connectivity index (χ4n) is 11.4. The van der Waals surface area contributed by atoms with E-state index in [1.165, 1.54) is 68.8 Å². The zero-order chi connectivity index (χ0) is 95.2. The molecule has 10 aromatic rings. The number of ether oxygens (including phenoxy) is 13. The minimum Gasteiger partial charge on any atom is -0.482 e. The molecule has 35 nitrogen and oxygen atoms in total. The molecule has 6 atom stereocenters. The highest BCUT2D eigenvalue weighted by Crippen LogP contribution is 2.34. The van der Waals surface area contributed by atoms with Crippen LogP contribution in [0.2, 0.25) is 0 Å². The van der Waals surface area contributed by atoms with Crippen LogP contribution in [0.4, 0.5) is 0 Å². The summed E-state index contributed by atoms with van der Waals surface area (Å²) in [6.45, 7) is 21.8. The van der Waals surface area contributed by atoms with Crippen molar-refractivity contribution in [2.24, 2.45) is 28.1 Å². The van der Waals surface area contributed by atoms with Crippen LogP contribution in [-0.2, 0) is 100 Å². The lowest BCUT2D eigenvalue weighted by Gasteiger charge is -2.28. The summed E-state index contributed by atoms with van der Waals surface area (Å²) < 4.78 is 121. The van der Waals surface area contributed by atoms with Crippen LogP contribution in [0.1, 0.15) is 135 Å². The number of carbonyl (C=O) groups excluding carboxylic acids is 9. The van der Waals surface area contributed by atoms with Gasteiger partial charge in [-0.2, -0.15) is 8.42 Å². The number of fused-ring (bicyclic) bond motifs is 5. The number of hydrogen-bond acceptors (Lipinski definition) is 35. The van der Waals surface area contributed by atoms with Gasteiger partial charge in [0.15, 0.2) is 26.4 Å². The third-order valence-electron chi connectivity index (χ3n) is 19.9. The van der Waals surface area contributed by atoms with Gasteiger partial charge in [0.05, 0.1) is 53.3 Å². The average Bonchev–Trinajstić information content (AvgIpc) is 0.799. The molecular weight excluding hydrogens is 1710 g/mol. The molecule has 0 spiro atoms. The molecule has 696 valence electrons. The Labute approximate surface area is 741 Å². The maximum absolute atomic E-state index is 12.2. The monoisotopic (exact) mass is 1820 g/mol. The average molecular weight is 1820 g/mol. The smallest absolute Gasteiger partial charge is 0.344 e. The Morgan fingerprint density at radius 2 is 0.659 bits per heavy atom. The molecule has 6 unspecified atom stereocenters. The van der Waals surface area contributed by atoms with E-state index in [0.717, 1.165) is 11.8 Å². The largest absolute Gasteiger partial charge is 0.482 e. The first-order valence-corrected chi connectivity index (χ1v) is 42.6. The molecular formula is C93H108O35S. The van der Waals surface area contributed by atoms with Crippen molar-refractivity contribution >= 4 is 119 Å². The predicted octanol–water partition coefficient (Wildman–Crippen LogP) is 13.3. The second-order valence-electron chi connectivity index (χ2n) is 30.3. The quantitative estimate of drug-likeness (QED) is 0.0113. The summed E-state index contributed by atoms with van der Waals surface area (Å²) in [5, 5.41) is 3.22. The first kappa shape index (κ1) is 104. The lowest BCUT2D eigenvalue weighted by molar-refractivity contribution is -0.160. The summed E-state index contributed by atoms with van der Waals surface area (Å²) in [4.78, 5) is 162. The molecule has 0 aliphatic heterocycles. The van der Waals surface area contributed by atoms with E-state index in [-0.39, 0.29) is 113 Å². The molecule has 129 heavy (non-hydrogen) atoms. The van der Waals surface area contributed by atoms with E-state index in [1.807, 2.05) is 41.5 Å². The molecule has 5 heterocycles. The molecule has 0 amide bonds. The zero-order valence-corrected chi connectivity index (χ0v) is 75.3. The highest BCUT2D eigenvalue weighted by Gasteiger charge is 2.38. The Bertz CT molecular complexity index is 5920. The van der Waals surface area contributed by atoms with Gasteiger partial charge in [0.1, 0.15) is 96.7 Å². The van der Waals surface area contributed by atoms with Crippen molar-refractivity contribution in [2.45, 2.75) is 152 Å². The Hall–Kier alpha value is -13.5. The molecule has 0 N–H and O–H groups in total. The van der Waals surface area contributed by atoms with Crippen LogP contribution in [0, 0.1) is 28.1 Å². The summed E-state index contributed by atoms with van der Waals surface area (Å²) in [7, 11) is -1.35. The lowest BCUT2D eigenvalue weighted by atomic mass is 9.79. The Balaban J connectivity index is 0.000000250. The van der Waals surface area contributed by atoms with Crippen LogP contribution in [-0.4, -0.2) is 155 Å². The van der Waals surface area contributed by atoms with Gasteiger partial charge in [-0.15, -0.1) is 0 Å². The van der Waals surface area contributed by atoms with Crippen LogP contribution in [0.3, 0.4) is 0 Å². The molecule has 0 saturated carbocycles. The second kappa shape index (κ2) is 50.7. The number of esters is 9. The number of hydrogen-bond donors (Lipinski definition) is 0. The maximum Gasteiger partial charge on any atom is 0.344 e. The van der Waals surface area contributed by atoms with Gasteiger partial charge in [-0.05, 0) is 208 Å². The van der Waals surface area contributed by atoms with Crippen molar-refractivity contribution in [3.8, 4) is 23.0 Å². The Morgan fingerprint density at radius 3 is 1.00 bits per heavy atom. The van der Waals surface area contributed by atoms with Gasteiger partial charge in [-0.3, -0.25) is 28.2 Å². The van der Waals surface area contributed by atoms with E-state index in [0.29, 0.717) is 99.0 Å². The van der Waals surface area contributed by atoms with Gasteiger partial charge in [-0.25, -0.2) is 43.2 Å². The number of methoxy groups -OCH3 is 2. The van der Waals surface area contributed by atoms with Crippen LogP contribution in [0.15, 0.2) is 203 Å². The van der Waals surface area contributed by atoms with Crippen LogP contribution >= 0.6 is 0 Å². The number of rotatable bonds is 39. The van der Waals surface area contributed by atoms with Gasteiger partial charge >= 0.3 is 81.9 Å². The highest BCUT2D eigenvalue weighted by atomic mass is 32.2. The SMILES string of the molecule is CCC(C)(C)C(=O)OCCOS(=O)(=O)c1ccc2oc(=O)ccc2c1.CCC(C)(CC(C)C(=O)OCCOC(=O)COc1ccc2oc(=O)ccc2c1)C(=O)OC.CCC(C)(CC(C)OC(=O)COc1ccc2oc(=O)ccc2c1)C(=O)OC.CCC(C)C(=O)OCCOC(=O)COc1ccc2oc(=O)ccc2c1.CCC(C)OC(=O)COc1ccc2oc(=O)ccc2c1. The minimum absolute atomic E-state index is 0.0178. The Morgan fingerprint density at radius 1 is 0.341 bits per heavy atom. The molecule has 0 aliphatic rings. The van der Waals surface area contributed by atoms with E-state index in [4.69, 9.17) is 87.8 Å². The van der Waals surface area contributed by atoms with Gasteiger partial charge in [0.2, 0.25) is 0 Å². The third-order valence-corrected chi connectivity index (χ3v) is 21.2. The zero-order valence-electron chi connectivity index (χ0n) is 74.5. The molecule has 5 aromatic carbocycles. The second-order valence-corrected chi connectivity index (χ2v) is 31.9. The van der Waals surface area contributed by atoms with Crippen molar-refractivity contribution < 1.29 is 139 Å². The molecule has 5 aromatic heterocycles. The van der Waals surface area contributed by atoms with Crippen molar-refractivity contribution in [3.63, 3.8) is 0 Å². The molecule has 36 heteroatoms.